The number of amides is 2. The maximum absolute atomic E-state index is 12.8. The predicted molar refractivity (Wildman–Crippen MR) is 115 cm³/mol. The van der Waals surface area contributed by atoms with Gasteiger partial charge in [0.15, 0.2) is 0 Å². The molecule has 1 N–H and O–H groups in total. The van der Waals surface area contributed by atoms with Crippen LogP contribution in [0.15, 0.2) is 42.6 Å². The Morgan fingerprint density at radius 2 is 2.03 bits per heavy atom. The van der Waals surface area contributed by atoms with Gasteiger partial charge in [-0.3, -0.25) is 9.59 Å². The molecule has 1 atom stereocenters. The van der Waals surface area contributed by atoms with Gasteiger partial charge in [-0.25, -0.2) is 4.98 Å². The first-order valence-corrected chi connectivity index (χ1v) is 10.5. The van der Waals surface area contributed by atoms with Gasteiger partial charge in [0.1, 0.15) is 5.82 Å². The molecule has 0 unspecified atom stereocenters. The lowest BCUT2D eigenvalue weighted by atomic mass is 10.1. The van der Waals surface area contributed by atoms with Crippen molar-refractivity contribution in [2.45, 2.75) is 18.9 Å². The Labute approximate surface area is 181 Å². The zero-order valence-electron chi connectivity index (χ0n) is 17.3. The number of hydrogen-bond donors (Lipinski definition) is 1. The van der Waals surface area contributed by atoms with E-state index in [1.807, 2.05) is 4.90 Å². The van der Waals surface area contributed by atoms with E-state index >= 15 is 0 Å². The molecule has 8 heteroatoms. The molecule has 8 nitrogen and oxygen atoms in total. The van der Waals surface area contributed by atoms with E-state index in [4.69, 9.17) is 10.00 Å². The Hall–Kier alpha value is -3.44. The number of piperazine rings is 1. The molecule has 0 radical (unpaired) electrons. The van der Waals surface area contributed by atoms with Crippen molar-refractivity contribution in [3.63, 3.8) is 0 Å². The van der Waals surface area contributed by atoms with E-state index in [-0.39, 0.29) is 17.9 Å². The normalized spacial score (nSPS) is 18.5. The lowest BCUT2D eigenvalue weighted by Gasteiger charge is -2.36. The number of aromatic nitrogens is 1. The molecule has 0 aliphatic carbocycles. The third-order valence-electron chi connectivity index (χ3n) is 5.65. The fraction of sp³-hybridized carbons (Fsp3) is 0.391. The topological polar surface area (TPSA) is 98.6 Å². The summed E-state index contributed by atoms with van der Waals surface area (Å²) in [6.45, 7) is 3.44. The van der Waals surface area contributed by atoms with Gasteiger partial charge in [0.2, 0.25) is 0 Å². The third-order valence-corrected chi connectivity index (χ3v) is 5.65. The van der Waals surface area contributed by atoms with Crippen LogP contribution in [0.25, 0.3) is 0 Å². The van der Waals surface area contributed by atoms with E-state index in [1.165, 1.54) is 0 Å². The number of carbonyl (C=O) groups is 2. The van der Waals surface area contributed by atoms with E-state index in [0.29, 0.717) is 55.2 Å². The summed E-state index contributed by atoms with van der Waals surface area (Å²) in [7, 11) is 0. The molecule has 31 heavy (non-hydrogen) atoms. The van der Waals surface area contributed by atoms with Crippen LogP contribution in [0.2, 0.25) is 0 Å². The molecular weight excluding hydrogens is 394 g/mol. The molecule has 0 bridgehead atoms. The summed E-state index contributed by atoms with van der Waals surface area (Å²) in [5.74, 6) is 0.378. The molecule has 4 rings (SSSR count). The van der Waals surface area contributed by atoms with Crippen LogP contribution in [0.4, 0.5) is 5.82 Å². The summed E-state index contributed by atoms with van der Waals surface area (Å²) in [6, 6.07) is 12.3. The maximum atomic E-state index is 12.8. The molecule has 2 saturated heterocycles. The van der Waals surface area contributed by atoms with E-state index in [1.54, 1.807) is 47.5 Å². The molecule has 3 heterocycles. The van der Waals surface area contributed by atoms with E-state index < -0.39 is 0 Å². The van der Waals surface area contributed by atoms with Gasteiger partial charge in [-0.15, -0.1) is 0 Å². The SMILES string of the molecule is N#Cc1cccc(C(=O)N2CCN(c3ncccc3C(=O)NC[C@H]3CCCO3)CC2)c1. The standard InChI is InChI=1S/C23H25N5O3/c24-15-17-4-1-5-18(14-17)23(30)28-11-9-27(10-12-28)21-20(7-2-8-25-21)22(29)26-16-19-6-3-13-31-19/h1-2,4-5,7-8,14,19H,3,6,9-13,16H2,(H,26,29)/t19-/m1/s1. The van der Waals surface area contributed by atoms with Crippen LogP contribution in [0, 0.1) is 11.3 Å². The first-order valence-electron chi connectivity index (χ1n) is 10.5. The van der Waals surface area contributed by atoms with Gasteiger partial charge in [-0.05, 0) is 43.2 Å². The Bertz CT molecular complexity index is 989. The van der Waals surface area contributed by atoms with Gasteiger partial charge in [-0.2, -0.15) is 5.26 Å². The first kappa shape index (κ1) is 20.8. The summed E-state index contributed by atoms with van der Waals surface area (Å²) < 4.78 is 5.57. The van der Waals surface area contributed by atoms with E-state index in [0.717, 1.165) is 19.4 Å². The fourth-order valence-corrected chi connectivity index (χ4v) is 3.96. The Kier molecular flexibility index (Phi) is 6.43. The highest BCUT2D eigenvalue weighted by Gasteiger charge is 2.26. The van der Waals surface area contributed by atoms with Crippen molar-refractivity contribution in [2.24, 2.45) is 0 Å². The monoisotopic (exact) mass is 419 g/mol. The molecule has 1 aromatic carbocycles. The summed E-state index contributed by atoms with van der Waals surface area (Å²) in [6.07, 6.45) is 3.76. The minimum atomic E-state index is -0.162. The Morgan fingerprint density at radius 3 is 2.77 bits per heavy atom. The second-order valence-corrected chi connectivity index (χ2v) is 7.69. The van der Waals surface area contributed by atoms with Crippen LogP contribution in [0.3, 0.4) is 0 Å². The molecular formula is C23H25N5O3. The number of carbonyl (C=O) groups excluding carboxylic acids is 2. The molecule has 2 amide bonds. The molecule has 2 fully saturated rings. The van der Waals surface area contributed by atoms with Crippen molar-refractivity contribution in [2.75, 3.05) is 44.2 Å². The highest BCUT2D eigenvalue weighted by Crippen LogP contribution is 2.20. The van der Waals surface area contributed by atoms with Gasteiger partial charge >= 0.3 is 0 Å². The van der Waals surface area contributed by atoms with Crippen LogP contribution in [0.5, 0.6) is 0 Å². The minimum Gasteiger partial charge on any atom is -0.376 e. The van der Waals surface area contributed by atoms with E-state index in [2.05, 4.69) is 16.4 Å². The summed E-state index contributed by atoms with van der Waals surface area (Å²) in [5.41, 5.74) is 1.51. The highest BCUT2D eigenvalue weighted by atomic mass is 16.5. The molecule has 0 spiro atoms. The van der Waals surface area contributed by atoms with Crippen LogP contribution in [-0.4, -0.2) is 67.1 Å². The van der Waals surface area contributed by atoms with Crippen molar-refractivity contribution in [1.29, 1.82) is 5.26 Å². The average molecular weight is 419 g/mol. The summed E-state index contributed by atoms with van der Waals surface area (Å²) >= 11 is 0. The highest BCUT2D eigenvalue weighted by molar-refractivity contribution is 5.99. The van der Waals surface area contributed by atoms with Gasteiger partial charge in [0.05, 0.1) is 23.3 Å². The van der Waals surface area contributed by atoms with Crippen LogP contribution in [-0.2, 0) is 4.74 Å². The fourth-order valence-electron chi connectivity index (χ4n) is 3.96. The van der Waals surface area contributed by atoms with Crippen molar-refractivity contribution in [1.82, 2.24) is 15.2 Å². The van der Waals surface area contributed by atoms with Gasteiger partial charge in [0.25, 0.3) is 11.8 Å². The van der Waals surface area contributed by atoms with Crippen molar-refractivity contribution < 1.29 is 14.3 Å². The zero-order valence-corrected chi connectivity index (χ0v) is 17.3. The molecule has 2 aliphatic heterocycles. The van der Waals surface area contributed by atoms with E-state index in [9.17, 15) is 9.59 Å². The van der Waals surface area contributed by atoms with Crippen molar-refractivity contribution >= 4 is 17.6 Å². The number of pyridine rings is 1. The van der Waals surface area contributed by atoms with Crippen LogP contribution < -0.4 is 10.2 Å². The number of anilines is 1. The number of ether oxygens (including phenoxy) is 1. The zero-order chi connectivity index (χ0) is 21.6. The number of nitrogens with zero attached hydrogens (tertiary/aromatic N) is 4. The minimum absolute atomic E-state index is 0.0816. The molecule has 2 aliphatic rings. The van der Waals surface area contributed by atoms with Crippen LogP contribution >= 0.6 is 0 Å². The Balaban J connectivity index is 1.39. The first-order chi connectivity index (χ1) is 15.2. The molecule has 0 saturated carbocycles. The number of nitriles is 1. The van der Waals surface area contributed by atoms with Gasteiger partial charge < -0.3 is 19.9 Å². The predicted octanol–water partition coefficient (Wildman–Crippen LogP) is 1.82. The molecule has 2 aromatic rings. The Morgan fingerprint density at radius 1 is 1.19 bits per heavy atom. The smallest absolute Gasteiger partial charge is 0.255 e. The largest absolute Gasteiger partial charge is 0.376 e. The third kappa shape index (κ3) is 4.84. The van der Waals surface area contributed by atoms with Crippen molar-refractivity contribution in [3.8, 4) is 6.07 Å². The lowest BCUT2D eigenvalue weighted by molar-refractivity contribution is 0.0745. The molecule has 160 valence electrons. The van der Waals surface area contributed by atoms with Gasteiger partial charge in [0, 0.05) is 51.1 Å². The number of benzene rings is 1. The lowest BCUT2D eigenvalue weighted by Crippen LogP contribution is -2.49. The van der Waals surface area contributed by atoms with Gasteiger partial charge in [-0.1, -0.05) is 6.07 Å². The average Bonchev–Trinajstić information content (AvgIpc) is 3.36. The summed E-state index contributed by atoms with van der Waals surface area (Å²) in [4.78, 5) is 33.8. The molecule has 1 aromatic heterocycles. The quantitative estimate of drug-likeness (QED) is 0.794. The number of nitrogens with one attached hydrogen (secondary N) is 1. The summed E-state index contributed by atoms with van der Waals surface area (Å²) in [5, 5.41) is 12.0. The maximum Gasteiger partial charge on any atom is 0.255 e. The second-order valence-electron chi connectivity index (χ2n) is 7.69. The second kappa shape index (κ2) is 9.58. The number of rotatable bonds is 5. The van der Waals surface area contributed by atoms with Crippen LogP contribution in [0.1, 0.15) is 39.1 Å². The van der Waals surface area contributed by atoms with Crippen molar-refractivity contribution in [3.05, 3.63) is 59.3 Å². The number of hydrogen-bond acceptors (Lipinski definition) is 6.